The van der Waals surface area contributed by atoms with Crippen LogP contribution in [0.15, 0.2) is 24.3 Å². The quantitative estimate of drug-likeness (QED) is 0.280. The van der Waals surface area contributed by atoms with Crippen LogP contribution < -0.4 is 21.2 Å². The third kappa shape index (κ3) is 3.14. The van der Waals surface area contributed by atoms with Crippen LogP contribution >= 0.6 is 11.6 Å². The molecular formula is C12H11ClIO4+. The average Bonchev–Trinajstić information content (AvgIpc) is 2.24. The number of esters is 2. The van der Waals surface area contributed by atoms with E-state index in [0.717, 1.165) is 3.57 Å². The van der Waals surface area contributed by atoms with Gasteiger partial charge in [0, 0.05) is 18.9 Å². The molecule has 4 nitrogen and oxygen atoms in total. The first-order valence-electron chi connectivity index (χ1n) is 5.22. The molecule has 1 aliphatic heterocycles. The van der Waals surface area contributed by atoms with Gasteiger partial charge in [0.15, 0.2) is 3.57 Å². The van der Waals surface area contributed by atoms with Crippen LogP contribution in [0.5, 0.6) is 0 Å². The molecule has 18 heavy (non-hydrogen) atoms. The molecule has 96 valence electrons. The van der Waals surface area contributed by atoms with Gasteiger partial charge in [0.05, 0.1) is 0 Å². The third-order valence-corrected chi connectivity index (χ3v) is 5.48. The molecule has 1 heterocycles. The second-order valence-electron chi connectivity index (χ2n) is 4.15. The number of hydrogen-bond acceptors (Lipinski definition) is 4. The minimum atomic E-state index is -1.16. The highest BCUT2D eigenvalue weighted by atomic mass is 127. The lowest BCUT2D eigenvalue weighted by Crippen LogP contribution is -3.66. The maximum Gasteiger partial charge on any atom is 0.373 e. The average molecular weight is 382 g/mol. The Kier molecular flexibility index (Phi) is 3.82. The Labute approximate surface area is 120 Å². The maximum atomic E-state index is 11.8. The van der Waals surface area contributed by atoms with Crippen LogP contribution in [0.2, 0.25) is 5.02 Å². The number of hydrogen-bond donors (Lipinski definition) is 0. The SMILES string of the molecule is CC1(C)OC(=O)C([I+]c2ccc(Cl)cc2)C(=O)O1. The van der Waals surface area contributed by atoms with Crippen LogP contribution in [0.25, 0.3) is 0 Å². The standard InChI is InChI=1S/C12H11ClIO4/c1-12(2)17-10(15)9(11(16)18-12)14-8-5-3-7(13)4-6-8/h3-6,9H,1-2H3/q+1. The Balaban J connectivity index is 2.12. The molecule has 1 aromatic rings. The van der Waals surface area contributed by atoms with Crippen LogP contribution in [-0.4, -0.2) is 21.7 Å². The third-order valence-electron chi connectivity index (χ3n) is 2.15. The molecule has 0 atom stereocenters. The normalized spacial score (nSPS) is 19.3. The van der Waals surface area contributed by atoms with E-state index < -0.39 is 42.9 Å². The first-order chi connectivity index (χ1) is 8.37. The Bertz CT molecular complexity index is 463. The molecule has 0 spiro atoms. The number of carbonyl (C=O) groups excluding carboxylic acids is 2. The molecule has 1 saturated heterocycles. The summed E-state index contributed by atoms with van der Waals surface area (Å²) >= 11 is 4.94. The first kappa shape index (κ1) is 13.6. The number of rotatable bonds is 2. The first-order valence-corrected chi connectivity index (χ1v) is 7.92. The van der Waals surface area contributed by atoms with Gasteiger partial charge in [-0.05, 0) is 24.3 Å². The molecule has 1 aromatic carbocycles. The van der Waals surface area contributed by atoms with Gasteiger partial charge >= 0.3 is 37.1 Å². The largest absolute Gasteiger partial charge is 0.419 e. The zero-order valence-corrected chi connectivity index (χ0v) is 12.7. The van der Waals surface area contributed by atoms with Crippen molar-refractivity contribution in [1.29, 1.82) is 0 Å². The van der Waals surface area contributed by atoms with E-state index >= 15 is 0 Å². The van der Waals surface area contributed by atoms with Crippen molar-refractivity contribution in [1.82, 2.24) is 0 Å². The van der Waals surface area contributed by atoms with Crippen molar-refractivity contribution in [2.45, 2.75) is 23.6 Å². The van der Waals surface area contributed by atoms with Crippen LogP contribution in [0.3, 0.4) is 0 Å². The molecule has 0 N–H and O–H groups in total. The number of carbonyl (C=O) groups is 2. The monoisotopic (exact) mass is 381 g/mol. The molecule has 0 bridgehead atoms. The van der Waals surface area contributed by atoms with E-state index in [0.29, 0.717) is 5.02 Å². The summed E-state index contributed by atoms with van der Waals surface area (Å²) in [6.07, 6.45) is 0. The van der Waals surface area contributed by atoms with Crippen molar-refractivity contribution in [3.05, 3.63) is 32.9 Å². The van der Waals surface area contributed by atoms with E-state index in [2.05, 4.69) is 0 Å². The number of benzene rings is 1. The van der Waals surface area contributed by atoms with Crippen molar-refractivity contribution in [3.63, 3.8) is 0 Å². The van der Waals surface area contributed by atoms with Crippen LogP contribution in [-0.2, 0) is 19.1 Å². The lowest BCUT2D eigenvalue weighted by atomic mass is 10.3. The molecule has 6 heteroatoms. The summed E-state index contributed by atoms with van der Waals surface area (Å²) in [5, 5.41) is 0.623. The smallest absolute Gasteiger partial charge is 0.373 e. The summed E-state index contributed by atoms with van der Waals surface area (Å²) in [7, 11) is 0. The summed E-state index contributed by atoms with van der Waals surface area (Å²) in [5.41, 5.74) is 0. The van der Waals surface area contributed by atoms with Crippen molar-refractivity contribution < 1.29 is 40.3 Å². The highest BCUT2D eigenvalue weighted by Gasteiger charge is 2.52. The van der Waals surface area contributed by atoms with E-state index in [-0.39, 0.29) is 0 Å². The summed E-state index contributed by atoms with van der Waals surface area (Å²) in [6, 6.07) is 7.10. The Hall–Kier alpha value is -0.820. The summed E-state index contributed by atoms with van der Waals surface area (Å²) in [4.78, 5) is 23.5. The maximum absolute atomic E-state index is 11.8. The van der Waals surface area contributed by atoms with Gasteiger partial charge in [-0.1, -0.05) is 11.6 Å². The fourth-order valence-corrected chi connectivity index (χ4v) is 3.81. The lowest BCUT2D eigenvalue weighted by Gasteiger charge is -2.29. The zero-order valence-electron chi connectivity index (χ0n) is 9.78. The van der Waals surface area contributed by atoms with Crippen LogP contribution in [0.4, 0.5) is 0 Å². The Morgan fingerprint density at radius 2 is 1.61 bits per heavy atom. The fraction of sp³-hybridized carbons (Fsp3) is 0.333. The van der Waals surface area contributed by atoms with Gasteiger partial charge in [0.2, 0.25) is 0 Å². The van der Waals surface area contributed by atoms with Gasteiger partial charge in [-0.15, -0.1) is 0 Å². The molecule has 1 fully saturated rings. The van der Waals surface area contributed by atoms with Gasteiger partial charge in [0.1, 0.15) is 0 Å². The highest BCUT2D eigenvalue weighted by molar-refractivity contribution is 6.30. The second kappa shape index (κ2) is 5.05. The fourth-order valence-electron chi connectivity index (χ4n) is 1.42. The molecule has 0 amide bonds. The van der Waals surface area contributed by atoms with E-state index in [1.165, 1.54) is 0 Å². The van der Waals surface area contributed by atoms with E-state index in [1.807, 2.05) is 12.1 Å². The van der Waals surface area contributed by atoms with Gasteiger partial charge in [0.25, 0.3) is 5.79 Å². The molecular weight excluding hydrogens is 370 g/mol. The van der Waals surface area contributed by atoms with Gasteiger partial charge < -0.3 is 9.47 Å². The summed E-state index contributed by atoms with van der Waals surface area (Å²) in [5.74, 6) is -2.16. The predicted octanol–water partition coefficient (Wildman–Crippen LogP) is -1.20. The number of alkyl halides is 1. The summed E-state index contributed by atoms with van der Waals surface area (Å²) < 4.78 is 10.3. The minimum absolute atomic E-state index is 0.501. The molecule has 2 rings (SSSR count). The lowest BCUT2D eigenvalue weighted by molar-refractivity contribution is -0.644. The molecule has 1 aliphatic rings. The van der Waals surface area contributed by atoms with Gasteiger partial charge in [-0.3, -0.25) is 0 Å². The molecule has 0 aromatic heterocycles. The number of cyclic esters (lactones) is 2. The summed E-state index contributed by atoms with van der Waals surface area (Å²) in [6.45, 7) is 3.08. The van der Waals surface area contributed by atoms with Crippen molar-refractivity contribution in [2.75, 3.05) is 0 Å². The number of ether oxygens (including phenoxy) is 2. The topological polar surface area (TPSA) is 52.6 Å². The van der Waals surface area contributed by atoms with Crippen LogP contribution in [0.1, 0.15) is 13.8 Å². The van der Waals surface area contributed by atoms with Gasteiger partial charge in [-0.25, -0.2) is 9.59 Å². The van der Waals surface area contributed by atoms with E-state index in [1.54, 1.807) is 26.0 Å². The van der Waals surface area contributed by atoms with Crippen molar-refractivity contribution in [3.8, 4) is 0 Å². The molecule has 0 aliphatic carbocycles. The highest BCUT2D eigenvalue weighted by Crippen LogP contribution is 2.17. The molecule has 0 radical (unpaired) electrons. The van der Waals surface area contributed by atoms with Crippen molar-refractivity contribution >= 4 is 23.5 Å². The Morgan fingerprint density at radius 3 is 2.11 bits per heavy atom. The van der Waals surface area contributed by atoms with Gasteiger partial charge in [-0.2, -0.15) is 0 Å². The Morgan fingerprint density at radius 1 is 1.11 bits per heavy atom. The van der Waals surface area contributed by atoms with E-state index in [9.17, 15) is 9.59 Å². The zero-order chi connectivity index (χ0) is 13.3. The second-order valence-corrected chi connectivity index (χ2v) is 7.70. The minimum Gasteiger partial charge on any atom is -0.419 e. The van der Waals surface area contributed by atoms with E-state index in [4.69, 9.17) is 21.1 Å². The predicted molar refractivity (Wildman–Crippen MR) is 60.2 cm³/mol. The molecule has 0 unspecified atom stereocenters. The molecule has 0 saturated carbocycles. The number of halogens is 2. The van der Waals surface area contributed by atoms with Crippen molar-refractivity contribution in [2.24, 2.45) is 0 Å². The van der Waals surface area contributed by atoms with Crippen LogP contribution in [0, 0.1) is 3.57 Å².